The van der Waals surface area contributed by atoms with E-state index >= 15 is 0 Å². The van der Waals surface area contributed by atoms with E-state index in [0.717, 1.165) is 13.1 Å². The number of benzene rings is 1. The lowest BCUT2D eigenvalue weighted by Crippen LogP contribution is -2.62. The molecule has 1 saturated heterocycles. The van der Waals surface area contributed by atoms with Gasteiger partial charge in [0.1, 0.15) is 0 Å². The van der Waals surface area contributed by atoms with Gasteiger partial charge in [-0.05, 0) is 31.6 Å². The third kappa shape index (κ3) is 4.02. The highest BCUT2D eigenvalue weighted by Gasteiger charge is 2.37. The number of nitrogens with one attached hydrogen (secondary N) is 1. The maximum atomic E-state index is 3.80. The largest absolute Gasteiger partial charge is 0.308 e. The van der Waals surface area contributed by atoms with E-state index in [9.17, 15) is 0 Å². The molecule has 2 nitrogen and oxygen atoms in total. The lowest BCUT2D eigenvalue weighted by atomic mass is 9.89. The topological polar surface area (TPSA) is 15.3 Å². The van der Waals surface area contributed by atoms with Crippen LogP contribution in [0.2, 0.25) is 0 Å². The second-order valence-electron chi connectivity index (χ2n) is 6.41. The number of rotatable bonds is 6. The first-order chi connectivity index (χ1) is 10.1. The molecule has 0 spiro atoms. The maximum absolute atomic E-state index is 3.80. The highest BCUT2D eigenvalue weighted by atomic mass is 32.2. The summed E-state index contributed by atoms with van der Waals surface area (Å²) in [6.07, 6.45) is 4.63. The van der Waals surface area contributed by atoms with Gasteiger partial charge in [-0.15, -0.1) is 0 Å². The van der Waals surface area contributed by atoms with Crippen molar-refractivity contribution in [1.82, 2.24) is 10.2 Å². The van der Waals surface area contributed by atoms with Gasteiger partial charge in [0.2, 0.25) is 0 Å². The van der Waals surface area contributed by atoms with E-state index < -0.39 is 0 Å². The van der Waals surface area contributed by atoms with Crippen LogP contribution in [0.15, 0.2) is 30.3 Å². The predicted molar refractivity (Wildman–Crippen MR) is 95.0 cm³/mol. The number of hydrogen-bond donors (Lipinski definition) is 1. The van der Waals surface area contributed by atoms with E-state index in [2.05, 4.69) is 67.6 Å². The standard InChI is InChI=1S/C18H30N2S/c1-5-16(13-21-4)20-14-18(3,6-2)19-12-17(20)15-10-8-7-9-11-15/h7-11,16-17,19H,5-6,12-14H2,1-4H3. The fraction of sp³-hybridized carbons (Fsp3) is 0.667. The Morgan fingerprint density at radius 3 is 2.62 bits per heavy atom. The second-order valence-corrected chi connectivity index (χ2v) is 7.32. The lowest BCUT2D eigenvalue weighted by molar-refractivity contribution is 0.0514. The molecule has 1 heterocycles. The molecule has 3 heteroatoms. The Bertz CT molecular complexity index is 422. The van der Waals surface area contributed by atoms with E-state index in [1.807, 2.05) is 11.8 Å². The van der Waals surface area contributed by atoms with Crippen molar-refractivity contribution in [2.75, 3.05) is 25.1 Å². The van der Waals surface area contributed by atoms with Crippen LogP contribution in [0.5, 0.6) is 0 Å². The molecule has 1 aliphatic rings. The second kappa shape index (κ2) is 7.66. The monoisotopic (exact) mass is 306 g/mol. The molecular formula is C18H30N2S. The Morgan fingerprint density at radius 2 is 2.05 bits per heavy atom. The molecule has 1 aromatic carbocycles. The molecule has 21 heavy (non-hydrogen) atoms. The van der Waals surface area contributed by atoms with Gasteiger partial charge in [0.05, 0.1) is 0 Å². The van der Waals surface area contributed by atoms with Crippen molar-refractivity contribution in [3.05, 3.63) is 35.9 Å². The lowest BCUT2D eigenvalue weighted by Gasteiger charge is -2.49. The zero-order chi connectivity index (χ0) is 15.3. The van der Waals surface area contributed by atoms with Crippen LogP contribution in [0.4, 0.5) is 0 Å². The Labute approximate surface area is 134 Å². The average Bonchev–Trinajstić information content (AvgIpc) is 2.53. The molecule has 0 aliphatic carbocycles. The van der Waals surface area contributed by atoms with Gasteiger partial charge in [-0.1, -0.05) is 44.2 Å². The van der Waals surface area contributed by atoms with E-state index in [1.54, 1.807) is 0 Å². The number of piperazine rings is 1. The Morgan fingerprint density at radius 1 is 1.33 bits per heavy atom. The molecule has 2 rings (SSSR count). The highest BCUT2D eigenvalue weighted by Crippen LogP contribution is 2.31. The zero-order valence-corrected chi connectivity index (χ0v) is 14.7. The van der Waals surface area contributed by atoms with E-state index in [-0.39, 0.29) is 5.54 Å². The van der Waals surface area contributed by atoms with Crippen LogP contribution in [-0.2, 0) is 0 Å². The van der Waals surface area contributed by atoms with E-state index in [4.69, 9.17) is 0 Å². The van der Waals surface area contributed by atoms with Gasteiger partial charge in [-0.3, -0.25) is 4.90 Å². The Kier molecular flexibility index (Phi) is 6.15. The molecule has 0 bridgehead atoms. The van der Waals surface area contributed by atoms with Crippen molar-refractivity contribution >= 4 is 11.8 Å². The summed E-state index contributed by atoms with van der Waals surface area (Å²) >= 11 is 1.97. The van der Waals surface area contributed by atoms with Crippen LogP contribution in [0.25, 0.3) is 0 Å². The summed E-state index contributed by atoms with van der Waals surface area (Å²) in [5, 5.41) is 3.80. The Balaban J connectivity index is 2.25. The molecule has 3 unspecified atom stereocenters. The van der Waals surface area contributed by atoms with Gasteiger partial charge < -0.3 is 5.32 Å². The van der Waals surface area contributed by atoms with Crippen molar-refractivity contribution in [3.63, 3.8) is 0 Å². The summed E-state index contributed by atoms with van der Waals surface area (Å²) in [4.78, 5) is 2.76. The van der Waals surface area contributed by atoms with Crippen LogP contribution < -0.4 is 5.32 Å². The first-order valence-electron chi connectivity index (χ1n) is 8.18. The summed E-state index contributed by atoms with van der Waals surface area (Å²) in [5.41, 5.74) is 1.69. The van der Waals surface area contributed by atoms with E-state index in [1.165, 1.54) is 24.2 Å². The maximum Gasteiger partial charge on any atom is 0.0476 e. The molecule has 0 aromatic heterocycles. The van der Waals surface area contributed by atoms with Crippen molar-refractivity contribution in [2.24, 2.45) is 0 Å². The molecule has 1 aromatic rings. The number of nitrogens with zero attached hydrogens (tertiary/aromatic N) is 1. The number of thioether (sulfide) groups is 1. The van der Waals surface area contributed by atoms with Gasteiger partial charge in [-0.25, -0.2) is 0 Å². The Hall–Kier alpha value is -0.510. The van der Waals surface area contributed by atoms with Crippen LogP contribution >= 0.6 is 11.8 Å². The SMILES string of the molecule is CCC(CSC)N1CC(C)(CC)NCC1c1ccccc1. The minimum absolute atomic E-state index is 0.247. The van der Waals surface area contributed by atoms with Crippen molar-refractivity contribution in [3.8, 4) is 0 Å². The van der Waals surface area contributed by atoms with Crippen LogP contribution in [-0.4, -0.2) is 41.6 Å². The fourth-order valence-electron chi connectivity index (χ4n) is 3.27. The van der Waals surface area contributed by atoms with Gasteiger partial charge in [0.25, 0.3) is 0 Å². The summed E-state index contributed by atoms with van der Waals surface area (Å²) in [7, 11) is 0. The van der Waals surface area contributed by atoms with Crippen molar-refractivity contribution in [2.45, 2.75) is 51.2 Å². The van der Waals surface area contributed by atoms with Gasteiger partial charge in [-0.2, -0.15) is 11.8 Å². The minimum atomic E-state index is 0.247. The molecule has 1 aliphatic heterocycles. The summed E-state index contributed by atoms with van der Waals surface area (Å²) in [6, 6.07) is 12.2. The predicted octanol–water partition coefficient (Wildman–Crippen LogP) is 3.94. The summed E-state index contributed by atoms with van der Waals surface area (Å²) in [6.45, 7) is 9.19. The van der Waals surface area contributed by atoms with Gasteiger partial charge in [0, 0.05) is 36.5 Å². The normalized spacial score (nSPS) is 28.5. The van der Waals surface area contributed by atoms with Crippen molar-refractivity contribution in [1.29, 1.82) is 0 Å². The smallest absolute Gasteiger partial charge is 0.0476 e. The highest BCUT2D eigenvalue weighted by molar-refractivity contribution is 7.98. The first-order valence-corrected chi connectivity index (χ1v) is 9.57. The molecule has 0 radical (unpaired) electrons. The van der Waals surface area contributed by atoms with Crippen molar-refractivity contribution < 1.29 is 0 Å². The summed E-state index contributed by atoms with van der Waals surface area (Å²) < 4.78 is 0. The molecule has 3 atom stereocenters. The average molecular weight is 307 g/mol. The molecule has 1 N–H and O–H groups in total. The molecule has 1 fully saturated rings. The van der Waals surface area contributed by atoms with Crippen LogP contribution in [0, 0.1) is 0 Å². The minimum Gasteiger partial charge on any atom is -0.308 e. The fourth-order valence-corrected chi connectivity index (χ4v) is 4.09. The van der Waals surface area contributed by atoms with Crippen LogP contribution in [0.1, 0.15) is 45.2 Å². The van der Waals surface area contributed by atoms with Gasteiger partial charge in [0.15, 0.2) is 0 Å². The molecular weight excluding hydrogens is 276 g/mol. The van der Waals surface area contributed by atoms with E-state index in [0.29, 0.717) is 12.1 Å². The third-order valence-electron chi connectivity index (χ3n) is 4.92. The quantitative estimate of drug-likeness (QED) is 0.857. The number of hydrogen-bond acceptors (Lipinski definition) is 3. The van der Waals surface area contributed by atoms with Crippen LogP contribution in [0.3, 0.4) is 0 Å². The molecule has 0 saturated carbocycles. The first kappa shape index (κ1) is 16.9. The molecule has 0 amide bonds. The van der Waals surface area contributed by atoms with Gasteiger partial charge >= 0.3 is 0 Å². The third-order valence-corrected chi connectivity index (χ3v) is 5.64. The zero-order valence-electron chi connectivity index (χ0n) is 13.9. The summed E-state index contributed by atoms with van der Waals surface area (Å²) in [5.74, 6) is 1.22. The molecule has 118 valence electrons.